The summed E-state index contributed by atoms with van der Waals surface area (Å²) in [5.41, 5.74) is 7.04. The summed E-state index contributed by atoms with van der Waals surface area (Å²) in [5.74, 6) is 0.188. The quantitative estimate of drug-likeness (QED) is 0.284. The van der Waals surface area contributed by atoms with Gasteiger partial charge in [0, 0.05) is 67.1 Å². The van der Waals surface area contributed by atoms with E-state index in [0.717, 1.165) is 0 Å². The lowest BCUT2D eigenvalue weighted by Gasteiger charge is -2.61. The van der Waals surface area contributed by atoms with Crippen LogP contribution < -0.4 is 15.4 Å². The van der Waals surface area contributed by atoms with Gasteiger partial charge in [-0.2, -0.15) is 0 Å². The molecule has 38 heavy (non-hydrogen) atoms. The Morgan fingerprint density at radius 3 is 2.39 bits per heavy atom. The van der Waals surface area contributed by atoms with Gasteiger partial charge in [-0.05, 0) is 45.0 Å². The van der Waals surface area contributed by atoms with Crippen LogP contribution in [0.2, 0.25) is 10.0 Å². The number of ether oxygens (including phenoxy) is 1. The normalized spacial score (nSPS) is 18.9. The molecule has 0 amide bonds. The minimum atomic E-state index is -0.656. The maximum absolute atomic E-state index is 15.1. The molecule has 2 aliphatic heterocycles. The standard InChI is InChI=1S/C27H29Cl2FN6O2/c1-15(23-19(28)9-33-10-20(23)29)38-17-4-5-22(31)18(7-17)24(32)16-6-21(30)25(34-8-16)35-11-26(2,12-35)36-13-27(3,37)14-36/h4-10,15,32,37H,11-14,31H2,1-3H3/t15-/m1/s1. The first-order valence-electron chi connectivity index (χ1n) is 12.2. The summed E-state index contributed by atoms with van der Waals surface area (Å²) >= 11 is 12.5. The highest BCUT2D eigenvalue weighted by atomic mass is 35.5. The van der Waals surface area contributed by atoms with Crippen molar-refractivity contribution in [3.63, 3.8) is 0 Å². The third-order valence-electron chi connectivity index (χ3n) is 7.20. The van der Waals surface area contributed by atoms with Gasteiger partial charge in [-0.25, -0.2) is 9.37 Å². The second-order valence-corrected chi connectivity index (χ2v) is 11.5. The molecular formula is C27H29Cl2FN6O2. The molecule has 5 rings (SSSR count). The minimum absolute atomic E-state index is 0.0230. The molecule has 0 unspecified atom stereocenters. The number of anilines is 2. The van der Waals surface area contributed by atoms with Crippen LogP contribution in [0.15, 0.2) is 42.9 Å². The van der Waals surface area contributed by atoms with Gasteiger partial charge in [0.15, 0.2) is 11.6 Å². The van der Waals surface area contributed by atoms with E-state index in [2.05, 4.69) is 21.8 Å². The number of likely N-dealkylation sites (tertiary alicyclic amines) is 1. The Morgan fingerprint density at radius 2 is 1.79 bits per heavy atom. The zero-order valence-corrected chi connectivity index (χ0v) is 22.8. The summed E-state index contributed by atoms with van der Waals surface area (Å²) in [6, 6.07) is 6.26. The topological polar surface area (TPSA) is 112 Å². The summed E-state index contributed by atoms with van der Waals surface area (Å²) in [4.78, 5) is 12.4. The SMILES string of the molecule is C[C@@H](Oc1ccc(N)c(C(=N)c2cnc(N3CC(C)(N4CC(C)(O)C4)C3)c(F)c2)c1)c1c(Cl)cncc1Cl. The van der Waals surface area contributed by atoms with Gasteiger partial charge in [0.1, 0.15) is 11.9 Å². The largest absolute Gasteiger partial charge is 0.486 e. The van der Waals surface area contributed by atoms with Crippen LogP contribution in [0.5, 0.6) is 5.75 Å². The van der Waals surface area contributed by atoms with Crippen molar-refractivity contribution in [2.24, 2.45) is 0 Å². The fraction of sp³-hybridized carbons (Fsp3) is 0.370. The number of hydrogen-bond acceptors (Lipinski definition) is 8. The predicted molar refractivity (Wildman–Crippen MR) is 147 cm³/mol. The number of aliphatic hydroxyl groups is 1. The van der Waals surface area contributed by atoms with E-state index in [1.165, 1.54) is 24.7 Å². The molecule has 0 aliphatic carbocycles. The van der Waals surface area contributed by atoms with E-state index in [0.29, 0.717) is 64.4 Å². The lowest BCUT2D eigenvalue weighted by atomic mass is 9.82. The highest BCUT2D eigenvalue weighted by Crippen LogP contribution is 2.38. The summed E-state index contributed by atoms with van der Waals surface area (Å²) < 4.78 is 21.2. The van der Waals surface area contributed by atoms with Crippen LogP contribution in [0, 0.1) is 11.2 Å². The number of pyridine rings is 2. The van der Waals surface area contributed by atoms with Crippen LogP contribution in [0.25, 0.3) is 0 Å². The molecule has 0 saturated carbocycles. The molecule has 3 aromatic rings. The molecule has 200 valence electrons. The molecule has 2 saturated heterocycles. The summed E-state index contributed by atoms with van der Waals surface area (Å²) in [7, 11) is 0. The first kappa shape index (κ1) is 26.6. The van der Waals surface area contributed by atoms with Gasteiger partial charge in [-0.1, -0.05) is 23.2 Å². The van der Waals surface area contributed by atoms with Crippen LogP contribution in [-0.4, -0.2) is 63.0 Å². The summed E-state index contributed by atoms with van der Waals surface area (Å²) in [6.45, 7) is 8.16. The van der Waals surface area contributed by atoms with Crippen LogP contribution >= 0.6 is 23.2 Å². The third-order valence-corrected chi connectivity index (χ3v) is 7.81. The Balaban J connectivity index is 1.30. The second-order valence-electron chi connectivity index (χ2n) is 10.6. The number of nitrogen functional groups attached to an aromatic ring is 1. The smallest absolute Gasteiger partial charge is 0.166 e. The van der Waals surface area contributed by atoms with E-state index in [1.807, 2.05) is 11.8 Å². The van der Waals surface area contributed by atoms with Crippen LogP contribution in [0.4, 0.5) is 15.9 Å². The van der Waals surface area contributed by atoms with Gasteiger partial charge in [-0.15, -0.1) is 0 Å². The number of nitrogens with two attached hydrogens (primary N) is 1. The second kappa shape index (κ2) is 9.64. The fourth-order valence-electron chi connectivity index (χ4n) is 5.14. The molecule has 0 spiro atoms. The molecule has 2 aliphatic rings. The Labute approximate surface area is 230 Å². The maximum atomic E-state index is 15.1. The van der Waals surface area contributed by atoms with Gasteiger partial charge in [-0.3, -0.25) is 15.3 Å². The van der Waals surface area contributed by atoms with Crippen LogP contribution in [0.1, 0.15) is 43.6 Å². The van der Waals surface area contributed by atoms with E-state index in [-0.39, 0.29) is 17.1 Å². The van der Waals surface area contributed by atoms with Crippen LogP contribution in [0.3, 0.4) is 0 Å². The zero-order chi connectivity index (χ0) is 27.4. The van der Waals surface area contributed by atoms with Crippen molar-refractivity contribution in [3.05, 3.63) is 75.4 Å². The van der Waals surface area contributed by atoms with Crippen LogP contribution in [-0.2, 0) is 0 Å². The van der Waals surface area contributed by atoms with Gasteiger partial charge in [0.05, 0.1) is 26.9 Å². The Bertz CT molecular complexity index is 1380. The molecule has 0 bridgehead atoms. The molecular weight excluding hydrogens is 530 g/mol. The summed E-state index contributed by atoms with van der Waals surface area (Å²) in [6.07, 6.45) is 3.98. The van der Waals surface area contributed by atoms with Crippen molar-refractivity contribution in [2.45, 2.75) is 38.0 Å². The van der Waals surface area contributed by atoms with Crippen molar-refractivity contribution in [3.8, 4) is 5.75 Å². The van der Waals surface area contributed by atoms with Gasteiger partial charge in [0.2, 0.25) is 0 Å². The van der Waals surface area contributed by atoms with E-state index in [4.69, 9.17) is 39.1 Å². The average molecular weight is 559 g/mol. The molecule has 2 aromatic heterocycles. The Kier molecular flexibility index (Phi) is 6.76. The molecule has 1 atom stereocenters. The maximum Gasteiger partial charge on any atom is 0.166 e. The van der Waals surface area contributed by atoms with E-state index < -0.39 is 17.5 Å². The molecule has 2 fully saturated rings. The first-order valence-corrected chi connectivity index (χ1v) is 12.9. The number of aromatic nitrogens is 2. The third kappa shape index (κ3) is 4.91. The van der Waals surface area contributed by atoms with Crippen molar-refractivity contribution in [2.75, 3.05) is 36.8 Å². The monoisotopic (exact) mass is 558 g/mol. The highest BCUT2D eigenvalue weighted by molar-refractivity contribution is 6.35. The number of hydrogen-bond donors (Lipinski definition) is 3. The highest BCUT2D eigenvalue weighted by Gasteiger charge is 2.52. The number of nitrogens with zero attached hydrogens (tertiary/aromatic N) is 4. The molecule has 8 nitrogen and oxygen atoms in total. The Hall–Kier alpha value is -2.98. The average Bonchev–Trinajstić information content (AvgIpc) is 2.81. The number of β-amino-alcohol motifs (C(OH)–C–C–N with tert-alkyl or cyclic N) is 1. The summed E-state index contributed by atoms with van der Waals surface area (Å²) in [5, 5.41) is 19.5. The molecule has 11 heteroatoms. The van der Waals surface area contributed by atoms with E-state index in [1.54, 1.807) is 25.1 Å². The lowest BCUT2D eigenvalue weighted by molar-refractivity contribution is -0.134. The molecule has 1 aromatic carbocycles. The fourth-order valence-corrected chi connectivity index (χ4v) is 5.81. The zero-order valence-electron chi connectivity index (χ0n) is 21.3. The minimum Gasteiger partial charge on any atom is -0.486 e. The van der Waals surface area contributed by atoms with Crippen molar-refractivity contribution >= 4 is 40.4 Å². The molecule has 4 N–H and O–H groups in total. The van der Waals surface area contributed by atoms with E-state index >= 15 is 4.39 Å². The predicted octanol–water partition coefficient (Wildman–Crippen LogP) is 4.71. The Morgan fingerprint density at radius 1 is 1.13 bits per heavy atom. The van der Waals surface area contributed by atoms with Crippen molar-refractivity contribution in [1.29, 1.82) is 5.41 Å². The van der Waals surface area contributed by atoms with Gasteiger partial charge in [0.25, 0.3) is 0 Å². The van der Waals surface area contributed by atoms with Gasteiger partial charge < -0.3 is 20.5 Å². The molecule has 0 radical (unpaired) electrons. The van der Waals surface area contributed by atoms with Crippen molar-refractivity contribution < 1.29 is 14.2 Å². The van der Waals surface area contributed by atoms with Gasteiger partial charge >= 0.3 is 0 Å². The van der Waals surface area contributed by atoms with Crippen molar-refractivity contribution in [1.82, 2.24) is 14.9 Å². The molecule has 4 heterocycles. The number of halogens is 3. The number of rotatable bonds is 7. The number of nitrogens with one attached hydrogen (secondary N) is 1. The lowest BCUT2D eigenvalue weighted by Crippen LogP contribution is -2.77. The van der Waals surface area contributed by atoms with E-state index in [9.17, 15) is 5.11 Å². The number of benzene rings is 1. The first-order chi connectivity index (χ1) is 17.9.